The number of H-pyrrole nitrogens is 1. The van der Waals surface area contributed by atoms with Crippen molar-refractivity contribution in [2.45, 2.75) is 13.5 Å². The van der Waals surface area contributed by atoms with Crippen LogP contribution in [-0.4, -0.2) is 27.8 Å². The first-order chi connectivity index (χ1) is 9.63. The summed E-state index contributed by atoms with van der Waals surface area (Å²) in [5, 5.41) is 4.06. The zero-order valence-corrected chi connectivity index (χ0v) is 12.2. The number of hydrogen-bond acceptors (Lipinski definition) is 3. The van der Waals surface area contributed by atoms with Crippen molar-refractivity contribution in [1.82, 2.24) is 14.9 Å². The molecule has 0 saturated carbocycles. The Labute approximate surface area is 121 Å². The second-order valence-corrected chi connectivity index (χ2v) is 5.85. The largest absolute Gasteiger partial charge is 0.351 e. The van der Waals surface area contributed by atoms with Gasteiger partial charge in [0.25, 0.3) is 5.91 Å². The monoisotopic (exact) mass is 285 g/mol. The number of aromatic nitrogens is 2. The van der Waals surface area contributed by atoms with Crippen molar-refractivity contribution in [2.75, 3.05) is 7.05 Å². The van der Waals surface area contributed by atoms with Crippen molar-refractivity contribution in [3.8, 4) is 0 Å². The lowest BCUT2D eigenvalue weighted by atomic mass is 10.2. The van der Waals surface area contributed by atoms with Crippen LogP contribution in [0.2, 0.25) is 0 Å². The van der Waals surface area contributed by atoms with Gasteiger partial charge in [-0.2, -0.15) is 0 Å². The van der Waals surface area contributed by atoms with Crippen molar-refractivity contribution in [2.24, 2.45) is 0 Å². The van der Waals surface area contributed by atoms with Gasteiger partial charge in [-0.1, -0.05) is 18.2 Å². The van der Waals surface area contributed by atoms with Gasteiger partial charge in [0.1, 0.15) is 5.69 Å². The van der Waals surface area contributed by atoms with Gasteiger partial charge in [0, 0.05) is 23.3 Å². The van der Waals surface area contributed by atoms with Crippen LogP contribution in [0.1, 0.15) is 21.2 Å². The van der Waals surface area contributed by atoms with E-state index >= 15 is 0 Å². The summed E-state index contributed by atoms with van der Waals surface area (Å²) in [5.41, 5.74) is 2.52. The molecule has 0 spiro atoms. The summed E-state index contributed by atoms with van der Waals surface area (Å²) >= 11 is 1.60. The Hall–Kier alpha value is -2.14. The van der Waals surface area contributed by atoms with E-state index in [0.29, 0.717) is 12.2 Å². The first-order valence-corrected chi connectivity index (χ1v) is 7.25. The van der Waals surface area contributed by atoms with E-state index in [-0.39, 0.29) is 5.91 Å². The van der Waals surface area contributed by atoms with Gasteiger partial charge in [0.2, 0.25) is 0 Å². The summed E-state index contributed by atoms with van der Waals surface area (Å²) in [6.07, 6.45) is 0. The number of rotatable bonds is 3. The Morgan fingerprint density at radius 3 is 2.90 bits per heavy atom. The summed E-state index contributed by atoms with van der Waals surface area (Å²) < 4.78 is 0. The molecule has 1 aromatic carbocycles. The number of benzene rings is 1. The molecule has 0 aliphatic heterocycles. The topological polar surface area (TPSA) is 49.0 Å². The zero-order valence-electron chi connectivity index (χ0n) is 11.4. The molecular formula is C15H15N3OS. The average Bonchev–Trinajstić information content (AvgIpc) is 3.03. The van der Waals surface area contributed by atoms with Crippen LogP contribution >= 0.6 is 11.3 Å². The highest BCUT2D eigenvalue weighted by molar-refractivity contribution is 7.09. The number of carbonyl (C=O) groups is 1. The SMILES string of the molecule is Cc1nc(CN(C)C(=O)c2cc3ccccc3[nH]2)cs1. The van der Waals surface area contributed by atoms with Crippen LogP contribution in [0.15, 0.2) is 35.7 Å². The predicted octanol–water partition coefficient (Wildman–Crippen LogP) is 3.21. The third kappa shape index (κ3) is 2.44. The number of aromatic amines is 1. The summed E-state index contributed by atoms with van der Waals surface area (Å²) in [5.74, 6) is -0.0214. The van der Waals surface area contributed by atoms with Crippen molar-refractivity contribution in [3.63, 3.8) is 0 Å². The maximum absolute atomic E-state index is 12.4. The average molecular weight is 285 g/mol. The fraction of sp³-hybridized carbons (Fsp3) is 0.200. The molecule has 2 heterocycles. The number of nitrogens with zero attached hydrogens (tertiary/aromatic N) is 2. The van der Waals surface area contributed by atoms with Crippen LogP contribution < -0.4 is 0 Å². The number of fused-ring (bicyclic) bond motifs is 1. The minimum atomic E-state index is -0.0214. The summed E-state index contributed by atoms with van der Waals surface area (Å²) in [6.45, 7) is 2.49. The first kappa shape index (κ1) is 12.9. The van der Waals surface area contributed by atoms with Gasteiger partial charge in [-0.3, -0.25) is 4.79 Å². The quantitative estimate of drug-likeness (QED) is 0.803. The van der Waals surface area contributed by atoms with Gasteiger partial charge in [0.05, 0.1) is 17.2 Å². The standard InChI is InChI=1S/C15H15N3OS/c1-10-16-12(9-20-10)8-18(2)15(19)14-7-11-5-3-4-6-13(11)17-14/h3-7,9,17H,8H2,1-2H3. The fourth-order valence-corrected chi connectivity index (χ4v) is 2.79. The number of hydrogen-bond donors (Lipinski definition) is 1. The van der Waals surface area contributed by atoms with E-state index in [9.17, 15) is 4.79 Å². The van der Waals surface area contributed by atoms with Crippen molar-refractivity contribution in [3.05, 3.63) is 52.1 Å². The van der Waals surface area contributed by atoms with Crippen molar-refractivity contribution < 1.29 is 4.79 Å². The molecule has 102 valence electrons. The van der Waals surface area contributed by atoms with E-state index < -0.39 is 0 Å². The highest BCUT2D eigenvalue weighted by atomic mass is 32.1. The van der Waals surface area contributed by atoms with Gasteiger partial charge >= 0.3 is 0 Å². The highest BCUT2D eigenvalue weighted by Gasteiger charge is 2.15. The molecule has 3 aromatic rings. The number of carbonyl (C=O) groups excluding carboxylic acids is 1. The number of amides is 1. The van der Waals surface area contributed by atoms with Crippen LogP contribution in [0.4, 0.5) is 0 Å². The van der Waals surface area contributed by atoms with E-state index in [4.69, 9.17) is 0 Å². The van der Waals surface area contributed by atoms with Crippen LogP contribution in [0.25, 0.3) is 10.9 Å². The van der Waals surface area contributed by atoms with E-state index in [0.717, 1.165) is 21.6 Å². The van der Waals surface area contributed by atoms with Crippen molar-refractivity contribution in [1.29, 1.82) is 0 Å². The van der Waals surface area contributed by atoms with E-state index in [1.165, 1.54) is 0 Å². The molecule has 2 aromatic heterocycles. The molecule has 0 unspecified atom stereocenters. The van der Waals surface area contributed by atoms with E-state index in [1.54, 1.807) is 23.3 Å². The van der Waals surface area contributed by atoms with Crippen LogP contribution in [0.3, 0.4) is 0 Å². The molecule has 0 atom stereocenters. The smallest absolute Gasteiger partial charge is 0.270 e. The Bertz CT molecular complexity index is 726. The lowest BCUT2D eigenvalue weighted by molar-refractivity contribution is 0.0779. The third-order valence-electron chi connectivity index (χ3n) is 3.17. The Kier molecular flexibility index (Phi) is 3.28. The van der Waals surface area contributed by atoms with Gasteiger partial charge in [0.15, 0.2) is 0 Å². The van der Waals surface area contributed by atoms with Crippen LogP contribution in [0.5, 0.6) is 0 Å². The van der Waals surface area contributed by atoms with Gasteiger partial charge in [-0.15, -0.1) is 11.3 Å². The molecule has 0 aliphatic carbocycles. The number of nitrogens with one attached hydrogen (secondary N) is 1. The second-order valence-electron chi connectivity index (χ2n) is 4.79. The van der Waals surface area contributed by atoms with Crippen LogP contribution in [0, 0.1) is 6.92 Å². The molecule has 4 nitrogen and oxygen atoms in total. The molecule has 0 radical (unpaired) electrons. The molecule has 3 rings (SSSR count). The molecule has 1 amide bonds. The lowest BCUT2D eigenvalue weighted by Gasteiger charge is -2.14. The number of para-hydroxylation sites is 1. The molecule has 20 heavy (non-hydrogen) atoms. The molecule has 0 bridgehead atoms. The minimum absolute atomic E-state index is 0.0214. The Morgan fingerprint density at radius 2 is 2.20 bits per heavy atom. The second kappa shape index (κ2) is 5.09. The summed E-state index contributed by atoms with van der Waals surface area (Å²) in [6, 6.07) is 9.77. The first-order valence-electron chi connectivity index (χ1n) is 6.38. The molecule has 0 fully saturated rings. The summed E-state index contributed by atoms with van der Waals surface area (Å²) in [7, 11) is 1.79. The molecule has 5 heteroatoms. The third-order valence-corrected chi connectivity index (χ3v) is 4.00. The Morgan fingerprint density at radius 1 is 1.40 bits per heavy atom. The fourth-order valence-electron chi connectivity index (χ4n) is 2.19. The number of aryl methyl sites for hydroxylation is 1. The minimum Gasteiger partial charge on any atom is -0.351 e. The molecule has 1 N–H and O–H groups in total. The lowest BCUT2D eigenvalue weighted by Crippen LogP contribution is -2.26. The predicted molar refractivity (Wildman–Crippen MR) is 80.9 cm³/mol. The normalized spacial score (nSPS) is 10.9. The summed E-state index contributed by atoms with van der Waals surface area (Å²) in [4.78, 5) is 21.6. The van der Waals surface area contributed by atoms with E-state index in [1.807, 2.05) is 42.6 Å². The molecular weight excluding hydrogens is 270 g/mol. The van der Waals surface area contributed by atoms with Crippen LogP contribution in [-0.2, 0) is 6.54 Å². The Balaban J connectivity index is 1.80. The molecule has 0 saturated heterocycles. The van der Waals surface area contributed by atoms with E-state index in [2.05, 4.69) is 9.97 Å². The highest BCUT2D eigenvalue weighted by Crippen LogP contribution is 2.17. The van der Waals surface area contributed by atoms with Gasteiger partial charge < -0.3 is 9.88 Å². The maximum Gasteiger partial charge on any atom is 0.270 e. The van der Waals surface area contributed by atoms with Gasteiger partial charge in [-0.25, -0.2) is 4.98 Å². The van der Waals surface area contributed by atoms with Gasteiger partial charge in [-0.05, 0) is 19.1 Å². The maximum atomic E-state index is 12.4. The molecule has 0 aliphatic rings. The van der Waals surface area contributed by atoms with Crippen molar-refractivity contribution >= 4 is 28.1 Å². The number of thiazole rings is 1. The zero-order chi connectivity index (χ0) is 14.1.